The van der Waals surface area contributed by atoms with Crippen molar-refractivity contribution in [2.24, 2.45) is 0 Å². The maximum absolute atomic E-state index is 12.9. The number of fused-ring (bicyclic) bond motifs is 1. The van der Waals surface area contributed by atoms with Gasteiger partial charge in [-0.1, -0.05) is 0 Å². The molecular weight excluding hydrogens is 231 g/mol. The summed E-state index contributed by atoms with van der Waals surface area (Å²) in [5.74, 6) is -0.134. The zero-order valence-electron chi connectivity index (χ0n) is 9.44. The monoisotopic (exact) mass is 242 g/mol. The maximum Gasteiger partial charge on any atom is 0.139 e. The van der Waals surface area contributed by atoms with Crippen LogP contribution >= 0.6 is 0 Å². The molecule has 0 saturated heterocycles. The Morgan fingerprint density at radius 1 is 1.06 bits per heavy atom. The van der Waals surface area contributed by atoms with Crippen molar-refractivity contribution in [2.45, 2.75) is 0 Å². The van der Waals surface area contributed by atoms with Crippen LogP contribution in [0.5, 0.6) is 5.75 Å². The Morgan fingerprint density at radius 3 is 2.44 bits per heavy atom. The predicted octanol–water partition coefficient (Wildman–Crippen LogP) is 3.26. The smallest absolute Gasteiger partial charge is 0.139 e. The standard InChI is InChI=1S/C14H11FN2O/c15-9-3-1-8(2-4-9)12-7-10-11(16)5-6-13(18)14(10)17-12/h1-7,17-18H,16H2. The van der Waals surface area contributed by atoms with Gasteiger partial charge in [-0.25, -0.2) is 4.39 Å². The summed E-state index contributed by atoms with van der Waals surface area (Å²) in [4.78, 5) is 3.09. The Balaban J connectivity index is 2.22. The second kappa shape index (κ2) is 3.77. The summed E-state index contributed by atoms with van der Waals surface area (Å²) in [6, 6.07) is 11.2. The zero-order valence-corrected chi connectivity index (χ0v) is 9.44. The van der Waals surface area contributed by atoms with Gasteiger partial charge in [-0.3, -0.25) is 0 Å². The number of hydrogen-bond acceptors (Lipinski definition) is 2. The third kappa shape index (κ3) is 1.59. The highest BCUT2D eigenvalue weighted by Gasteiger charge is 2.09. The number of aromatic amines is 1. The second-order valence-electron chi connectivity index (χ2n) is 4.15. The summed E-state index contributed by atoms with van der Waals surface area (Å²) >= 11 is 0. The lowest BCUT2D eigenvalue weighted by Crippen LogP contribution is -1.84. The lowest BCUT2D eigenvalue weighted by atomic mass is 10.1. The molecule has 0 aliphatic heterocycles. The predicted molar refractivity (Wildman–Crippen MR) is 69.8 cm³/mol. The number of benzene rings is 2. The minimum Gasteiger partial charge on any atom is -0.506 e. The molecule has 0 aliphatic carbocycles. The van der Waals surface area contributed by atoms with E-state index in [1.807, 2.05) is 6.07 Å². The number of nitrogens with one attached hydrogen (secondary N) is 1. The van der Waals surface area contributed by atoms with E-state index in [0.717, 1.165) is 16.6 Å². The van der Waals surface area contributed by atoms with Gasteiger partial charge in [0.2, 0.25) is 0 Å². The molecule has 4 N–H and O–H groups in total. The van der Waals surface area contributed by atoms with E-state index < -0.39 is 0 Å². The number of anilines is 1. The first kappa shape index (κ1) is 10.7. The Labute approximate surface area is 103 Å². The number of H-pyrrole nitrogens is 1. The molecule has 0 unspecified atom stereocenters. The molecule has 0 radical (unpaired) electrons. The van der Waals surface area contributed by atoms with E-state index in [-0.39, 0.29) is 11.6 Å². The highest BCUT2D eigenvalue weighted by atomic mass is 19.1. The van der Waals surface area contributed by atoms with Crippen LogP contribution in [-0.2, 0) is 0 Å². The van der Waals surface area contributed by atoms with Crippen LogP contribution in [0.25, 0.3) is 22.2 Å². The van der Waals surface area contributed by atoms with Crippen molar-refractivity contribution in [3.63, 3.8) is 0 Å². The van der Waals surface area contributed by atoms with Crippen molar-refractivity contribution in [3.8, 4) is 17.0 Å². The number of nitrogens with two attached hydrogens (primary N) is 1. The average molecular weight is 242 g/mol. The van der Waals surface area contributed by atoms with E-state index in [1.54, 1.807) is 24.3 Å². The molecule has 18 heavy (non-hydrogen) atoms. The number of halogens is 1. The third-order valence-corrected chi connectivity index (χ3v) is 2.96. The molecule has 3 nitrogen and oxygen atoms in total. The minimum atomic E-state index is -0.280. The van der Waals surface area contributed by atoms with Crippen LogP contribution in [0.1, 0.15) is 0 Å². The van der Waals surface area contributed by atoms with Gasteiger partial charge in [-0.05, 0) is 48.0 Å². The van der Waals surface area contributed by atoms with E-state index in [9.17, 15) is 9.50 Å². The van der Waals surface area contributed by atoms with Crippen molar-refractivity contribution in [1.29, 1.82) is 0 Å². The molecule has 0 saturated carbocycles. The van der Waals surface area contributed by atoms with E-state index in [0.29, 0.717) is 11.2 Å². The van der Waals surface area contributed by atoms with Gasteiger partial charge < -0.3 is 15.8 Å². The molecule has 0 spiro atoms. The number of phenolic OH excluding ortho intramolecular Hbond substituents is 1. The van der Waals surface area contributed by atoms with Crippen LogP contribution in [0, 0.1) is 5.82 Å². The molecule has 0 fully saturated rings. The van der Waals surface area contributed by atoms with Crippen LogP contribution in [0.4, 0.5) is 10.1 Å². The van der Waals surface area contributed by atoms with Crippen molar-refractivity contribution in [3.05, 3.63) is 48.3 Å². The van der Waals surface area contributed by atoms with Gasteiger partial charge in [-0.2, -0.15) is 0 Å². The fourth-order valence-electron chi connectivity index (χ4n) is 2.01. The second-order valence-corrected chi connectivity index (χ2v) is 4.15. The summed E-state index contributed by atoms with van der Waals surface area (Å²) in [6.07, 6.45) is 0. The largest absolute Gasteiger partial charge is 0.506 e. The number of rotatable bonds is 1. The van der Waals surface area contributed by atoms with Crippen molar-refractivity contribution < 1.29 is 9.50 Å². The molecule has 0 amide bonds. The summed E-state index contributed by atoms with van der Waals surface area (Å²) in [5, 5.41) is 10.5. The van der Waals surface area contributed by atoms with Crippen molar-refractivity contribution >= 4 is 16.6 Å². The zero-order chi connectivity index (χ0) is 12.7. The van der Waals surface area contributed by atoms with Crippen molar-refractivity contribution in [2.75, 3.05) is 5.73 Å². The van der Waals surface area contributed by atoms with E-state index in [1.165, 1.54) is 12.1 Å². The van der Waals surface area contributed by atoms with Gasteiger partial charge in [-0.15, -0.1) is 0 Å². The molecule has 90 valence electrons. The average Bonchev–Trinajstić information content (AvgIpc) is 2.81. The van der Waals surface area contributed by atoms with Crippen LogP contribution in [-0.4, -0.2) is 10.1 Å². The van der Waals surface area contributed by atoms with E-state index in [4.69, 9.17) is 5.73 Å². The molecule has 1 heterocycles. The molecule has 3 rings (SSSR count). The lowest BCUT2D eigenvalue weighted by Gasteiger charge is -1.97. The molecule has 2 aromatic carbocycles. The van der Waals surface area contributed by atoms with Crippen LogP contribution < -0.4 is 5.73 Å². The van der Waals surface area contributed by atoms with Gasteiger partial charge in [0.1, 0.15) is 11.6 Å². The highest BCUT2D eigenvalue weighted by Crippen LogP contribution is 2.32. The highest BCUT2D eigenvalue weighted by molar-refractivity contribution is 5.98. The minimum absolute atomic E-state index is 0.146. The van der Waals surface area contributed by atoms with Crippen molar-refractivity contribution in [1.82, 2.24) is 4.98 Å². The van der Waals surface area contributed by atoms with Gasteiger partial charge in [0.15, 0.2) is 0 Å². The normalized spacial score (nSPS) is 10.9. The third-order valence-electron chi connectivity index (χ3n) is 2.96. The number of aromatic nitrogens is 1. The molecule has 0 atom stereocenters. The number of aromatic hydroxyl groups is 1. The fourth-order valence-corrected chi connectivity index (χ4v) is 2.01. The number of phenols is 1. The van der Waals surface area contributed by atoms with E-state index in [2.05, 4.69) is 4.98 Å². The number of hydrogen-bond donors (Lipinski definition) is 3. The molecule has 1 aromatic heterocycles. The van der Waals surface area contributed by atoms with E-state index >= 15 is 0 Å². The van der Waals surface area contributed by atoms with Crippen LogP contribution in [0.3, 0.4) is 0 Å². The first-order chi connectivity index (χ1) is 8.65. The molecular formula is C14H11FN2O. The fraction of sp³-hybridized carbons (Fsp3) is 0. The Hall–Kier alpha value is -2.49. The summed E-state index contributed by atoms with van der Waals surface area (Å²) < 4.78 is 12.9. The lowest BCUT2D eigenvalue weighted by molar-refractivity contribution is 0.480. The topological polar surface area (TPSA) is 62.0 Å². The van der Waals surface area contributed by atoms with Gasteiger partial charge >= 0.3 is 0 Å². The first-order valence-electron chi connectivity index (χ1n) is 5.51. The number of nitrogen functional groups attached to an aromatic ring is 1. The quantitative estimate of drug-likeness (QED) is 0.453. The Bertz CT molecular complexity index is 677. The first-order valence-corrected chi connectivity index (χ1v) is 5.51. The Kier molecular flexibility index (Phi) is 2.23. The summed E-state index contributed by atoms with van der Waals surface area (Å²) in [6.45, 7) is 0. The summed E-state index contributed by atoms with van der Waals surface area (Å²) in [7, 11) is 0. The molecule has 0 aliphatic rings. The Morgan fingerprint density at radius 2 is 1.78 bits per heavy atom. The van der Waals surface area contributed by atoms with Crippen LogP contribution in [0.2, 0.25) is 0 Å². The van der Waals surface area contributed by atoms with Gasteiger partial charge in [0, 0.05) is 16.8 Å². The molecule has 3 aromatic rings. The maximum atomic E-state index is 12.9. The van der Waals surface area contributed by atoms with Gasteiger partial charge in [0.05, 0.1) is 5.52 Å². The molecule has 0 bridgehead atoms. The SMILES string of the molecule is Nc1ccc(O)c2[nH]c(-c3ccc(F)cc3)cc12. The summed E-state index contributed by atoms with van der Waals surface area (Å²) in [5.41, 5.74) is 8.66. The van der Waals surface area contributed by atoms with Crippen LogP contribution in [0.15, 0.2) is 42.5 Å². The molecule has 4 heteroatoms. The van der Waals surface area contributed by atoms with Gasteiger partial charge in [0.25, 0.3) is 0 Å².